The van der Waals surface area contributed by atoms with E-state index in [1.165, 1.54) is 10.7 Å². The summed E-state index contributed by atoms with van der Waals surface area (Å²) in [5.41, 5.74) is 2.16. The van der Waals surface area contributed by atoms with Gasteiger partial charge in [0.25, 0.3) is 5.91 Å². The first kappa shape index (κ1) is 13.4. The second-order valence-corrected chi connectivity index (χ2v) is 5.20. The zero-order chi connectivity index (χ0) is 15.1. The average molecular weight is 285 g/mol. The summed E-state index contributed by atoms with van der Waals surface area (Å²) in [5, 5.41) is 12.8. The molecule has 1 amide bonds. The molecule has 0 saturated carbocycles. The van der Waals surface area contributed by atoms with Crippen LogP contribution in [-0.4, -0.2) is 32.8 Å². The lowest BCUT2D eigenvalue weighted by Crippen LogP contribution is -2.36. The summed E-state index contributed by atoms with van der Waals surface area (Å²) in [6.07, 6.45) is 0.797. The second kappa shape index (κ2) is 4.73. The van der Waals surface area contributed by atoms with Crippen LogP contribution in [0.25, 0.3) is 0 Å². The molecule has 0 fully saturated rings. The summed E-state index contributed by atoms with van der Waals surface area (Å²) in [6, 6.07) is 9.11. The lowest BCUT2D eigenvalue weighted by atomic mass is 10.1. The van der Waals surface area contributed by atoms with Crippen molar-refractivity contribution in [3.8, 4) is 0 Å². The third-order valence-electron chi connectivity index (χ3n) is 3.74. The molecule has 0 aliphatic carbocycles. The lowest BCUT2D eigenvalue weighted by molar-refractivity contribution is 0.0689. The van der Waals surface area contributed by atoms with Crippen LogP contribution in [0.5, 0.6) is 0 Å². The van der Waals surface area contributed by atoms with Gasteiger partial charge in [-0.3, -0.25) is 9.48 Å². The normalized spacial score (nSPS) is 16.9. The monoisotopic (exact) mass is 285 g/mol. The van der Waals surface area contributed by atoms with Crippen molar-refractivity contribution in [1.82, 2.24) is 9.78 Å². The zero-order valence-corrected chi connectivity index (χ0v) is 11.8. The van der Waals surface area contributed by atoms with E-state index in [-0.39, 0.29) is 23.3 Å². The molecule has 2 heterocycles. The number of carboxylic acids is 1. The number of aromatic nitrogens is 2. The third kappa shape index (κ3) is 2.08. The van der Waals surface area contributed by atoms with Crippen LogP contribution < -0.4 is 4.90 Å². The first-order valence-electron chi connectivity index (χ1n) is 6.68. The number of carboxylic acid groups (broad SMARTS) is 1. The van der Waals surface area contributed by atoms with Gasteiger partial charge in [-0.15, -0.1) is 0 Å². The summed E-state index contributed by atoms with van der Waals surface area (Å²) in [5.74, 6) is -1.37. The molecule has 1 N–H and O–H groups in total. The minimum atomic E-state index is -1.14. The highest BCUT2D eigenvalue weighted by Gasteiger charge is 2.33. The van der Waals surface area contributed by atoms with Gasteiger partial charge in [-0.25, -0.2) is 4.79 Å². The van der Waals surface area contributed by atoms with Crippen LogP contribution >= 0.6 is 0 Å². The number of benzene rings is 1. The van der Waals surface area contributed by atoms with Crippen LogP contribution in [0.1, 0.15) is 33.5 Å². The van der Waals surface area contributed by atoms with Gasteiger partial charge in [0.15, 0.2) is 5.69 Å². The van der Waals surface area contributed by atoms with Crippen molar-refractivity contribution < 1.29 is 14.7 Å². The predicted molar refractivity (Wildman–Crippen MR) is 76.6 cm³/mol. The number of carbonyl (C=O) groups excluding carboxylic acids is 1. The molecule has 0 saturated heterocycles. The molecule has 3 rings (SSSR count). The first-order valence-corrected chi connectivity index (χ1v) is 6.68. The molecular formula is C15H15N3O3. The Morgan fingerprint density at radius 3 is 2.71 bits per heavy atom. The summed E-state index contributed by atoms with van der Waals surface area (Å²) < 4.78 is 1.32. The van der Waals surface area contributed by atoms with Crippen LogP contribution in [0, 0.1) is 0 Å². The lowest BCUT2D eigenvalue weighted by Gasteiger charge is -2.22. The molecule has 21 heavy (non-hydrogen) atoms. The fraction of sp³-hybridized carbons (Fsp3) is 0.267. The number of aromatic carboxylic acids is 1. The largest absolute Gasteiger partial charge is 0.476 e. The minimum absolute atomic E-state index is 0.0399. The van der Waals surface area contributed by atoms with E-state index in [9.17, 15) is 9.59 Å². The van der Waals surface area contributed by atoms with Crippen LogP contribution in [0.2, 0.25) is 0 Å². The molecule has 2 aromatic rings. The predicted octanol–water partition coefficient (Wildman–Crippen LogP) is 1.71. The van der Waals surface area contributed by atoms with E-state index in [0.717, 1.165) is 17.7 Å². The molecule has 1 aromatic carbocycles. The maximum atomic E-state index is 12.7. The van der Waals surface area contributed by atoms with Crippen molar-refractivity contribution in [1.29, 1.82) is 0 Å². The number of para-hydroxylation sites is 1. The molecule has 6 heteroatoms. The number of rotatable bonds is 2. The quantitative estimate of drug-likeness (QED) is 0.911. The van der Waals surface area contributed by atoms with Gasteiger partial charge in [0, 0.05) is 24.8 Å². The smallest absolute Gasteiger partial charge is 0.356 e. The molecule has 6 nitrogen and oxygen atoms in total. The van der Waals surface area contributed by atoms with Crippen LogP contribution in [0.15, 0.2) is 30.3 Å². The van der Waals surface area contributed by atoms with E-state index in [0.29, 0.717) is 0 Å². The Bertz CT molecular complexity index is 736. The number of anilines is 1. The van der Waals surface area contributed by atoms with Crippen molar-refractivity contribution in [2.75, 3.05) is 4.90 Å². The molecule has 0 spiro atoms. The molecular weight excluding hydrogens is 270 g/mol. The van der Waals surface area contributed by atoms with E-state index in [1.807, 2.05) is 31.2 Å². The average Bonchev–Trinajstić information content (AvgIpc) is 2.97. The van der Waals surface area contributed by atoms with Gasteiger partial charge in [0.1, 0.15) is 5.69 Å². The van der Waals surface area contributed by atoms with Gasteiger partial charge in [-0.2, -0.15) is 5.10 Å². The van der Waals surface area contributed by atoms with Crippen LogP contribution in [0.4, 0.5) is 5.69 Å². The van der Waals surface area contributed by atoms with Crippen molar-refractivity contribution >= 4 is 17.6 Å². The van der Waals surface area contributed by atoms with Gasteiger partial charge in [-0.1, -0.05) is 18.2 Å². The fourth-order valence-corrected chi connectivity index (χ4v) is 2.77. The maximum Gasteiger partial charge on any atom is 0.356 e. The molecule has 1 aliphatic rings. The molecule has 1 aromatic heterocycles. The summed E-state index contributed by atoms with van der Waals surface area (Å²) >= 11 is 0. The summed E-state index contributed by atoms with van der Waals surface area (Å²) in [4.78, 5) is 25.4. The summed E-state index contributed by atoms with van der Waals surface area (Å²) in [7, 11) is 1.58. The standard InChI is InChI=1S/C15H15N3O3/c1-9-7-10-5-3-4-6-12(10)18(9)14(19)13-8-11(15(20)21)16-17(13)2/h3-6,8-9H,7H2,1-2H3,(H,20,21)/t9-/m0/s1. The van der Waals surface area contributed by atoms with Gasteiger partial charge in [-0.05, 0) is 25.0 Å². The Kier molecular flexibility index (Phi) is 3.01. The van der Waals surface area contributed by atoms with E-state index >= 15 is 0 Å². The Morgan fingerprint density at radius 2 is 2.05 bits per heavy atom. The Labute approximate surface area is 121 Å². The molecule has 1 aliphatic heterocycles. The highest BCUT2D eigenvalue weighted by molar-refractivity contribution is 6.07. The SMILES string of the molecule is C[C@H]1Cc2ccccc2N1C(=O)c1cc(C(=O)O)nn1C. The second-order valence-electron chi connectivity index (χ2n) is 5.20. The number of carbonyl (C=O) groups is 2. The van der Waals surface area contributed by atoms with E-state index in [4.69, 9.17) is 5.11 Å². The van der Waals surface area contributed by atoms with Gasteiger partial charge in [0.05, 0.1) is 0 Å². The van der Waals surface area contributed by atoms with E-state index in [2.05, 4.69) is 5.10 Å². The number of fused-ring (bicyclic) bond motifs is 1. The van der Waals surface area contributed by atoms with Crippen LogP contribution in [-0.2, 0) is 13.5 Å². The number of nitrogens with zero attached hydrogens (tertiary/aromatic N) is 3. The van der Waals surface area contributed by atoms with E-state index in [1.54, 1.807) is 11.9 Å². The van der Waals surface area contributed by atoms with Crippen molar-refractivity contribution in [2.24, 2.45) is 7.05 Å². The zero-order valence-electron chi connectivity index (χ0n) is 11.8. The number of hydrogen-bond donors (Lipinski definition) is 1. The Balaban J connectivity index is 2.01. The van der Waals surface area contributed by atoms with Crippen molar-refractivity contribution in [3.63, 3.8) is 0 Å². The maximum absolute atomic E-state index is 12.7. The van der Waals surface area contributed by atoms with E-state index < -0.39 is 5.97 Å². The molecule has 0 radical (unpaired) electrons. The highest BCUT2D eigenvalue weighted by Crippen LogP contribution is 2.33. The van der Waals surface area contributed by atoms with Crippen molar-refractivity contribution in [3.05, 3.63) is 47.3 Å². The Hall–Kier alpha value is -2.63. The number of hydrogen-bond acceptors (Lipinski definition) is 3. The highest BCUT2D eigenvalue weighted by atomic mass is 16.4. The van der Waals surface area contributed by atoms with Gasteiger partial charge in [0.2, 0.25) is 0 Å². The topological polar surface area (TPSA) is 75.4 Å². The van der Waals surface area contributed by atoms with Gasteiger partial charge >= 0.3 is 5.97 Å². The fourth-order valence-electron chi connectivity index (χ4n) is 2.77. The molecule has 0 bridgehead atoms. The van der Waals surface area contributed by atoms with Crippen LogP contribution in [0.3, 0.4) is 0 Å². The minimum Gasteiger partial charge on any atom is -0.476 e. The Morgan fingerprint density at radius 1 is 1.33 bits per heavy atom. The molecule has 108 valence electrons. The first-order chi connectivity index (χ1) is 9.99. The third-order valence-corrected chi connectivity index (χ3v) is 3.74. The number of amides is 1. The number of aryl methyl sites for hydroxylation is 1. The molecule has 0 unspecified atom stereocenters. The summed E-state index contributed by atoms with van der Waals surface area (Å²) in [6.45, 7) is 1.98. The van der Waals surface area contributed by atoms with Crippen molar-refractivity contribution in [2.45, 2.75) is 19.4 Å². The van der Waals surface area contributed by atoms with Gasteiger partial charge < -0.3 is 10.0 Å². The molecule has 1 atom stereocenters.